The van der Waals surface area contributed by atoms with Crippen LogP contribution >= 0.6 is 0 Å². The van der Waals surface area contributed by atoms with Crippen LogP contribution in [0.5, 0.6) is 5.75 Å². The molecule has 0 aliphatic carbocycles. The molecule has 1 atom stereocenters. The third-order valence-corrected chi connectivity index (χ3v) is 4.51. The van der Waals surface area contributed by atoms with E-state index in [1.54, 1.807) is 0 Å². The van der Waals surface area contributed by atoms with Crippen LogP contribution in [0.4, 0.5) is 10.5 Å². The lowest BCUT2D eigenvalue weighted by Crippen LogP contribution is -2.29. The molecular formula is C22H28N4O2. The van der Waals surface area contributed by atoms with Gasteiger partial charge in [-0.3, -0.25) is 0 Å². The number of fused-ring (bicyclic) bond motifs is 1. The first-order valence-electron chi connectivity index (χ1n) is 9.90. The molecule has 1 unspecified atom stereocenters. The Morgan fingerprint density at radius 3 is 2.79 bits per heavy atom. The summed E-state index contributed by atoms with van der Waals surface area (Å²) in [7, 11) is 0. The maximum absolute atomic E-state index is 12.0. The molecule has 2 aromatic carbocycles. The van der Waals surface area contributed by atoms with Gasteiger partial charge in [-0.05, 0) is 44.0 Å². The first kappa shape index (κ1) is 19.7. The third-order valence-electron chi connectivity index (χ3n) is 4.51. The summed E-state index contributed by atoms with van der Waals surface area (Å²) >= 11 is 0. The molecule has 2 amide bonds. The SMILES string of the molecule is CCCCNC(=O)Nc1ccccc1OC(C)CCc1nc2ccccc2[nH]1. The predicted molar refractivity (Wildman–Crippen MR) is 113 cm³/mol. The summed E-state index contributed by atoms with van der Waals surface area (Å²) in [5.41, 5.74) is 2.71. The molecule has 0 saturated heterocycles. The van der Waals surface area contributed by atoms with Gasteiger partial charge in [0.15, 0.2) is 0 Å². The van der Waals surface area contributed by atoms with Crippen LogP contribution in [-0.4, -0.2) is 28.6 Å². The molecule has 0 aliphatic heterocycles. The highest BCUT2D eigenvalue weighted by Crippen LogP contribution is 2.25. The summed E-state index contributed by atoms with van der Waals surface area (Å²) in [6, 6.07) is 15.3. The van der Waals surface area contributed by atoms with Crippen LogP contribution in [0, 0.1) is 0 Å². The Bertz CT molecular complexity index is 873. The van der Waals surface area contributed by atoms with Gasteiger partial charge in [-0.1, -0.05) is 37.6 Å². The second-order valence-electron chi connectivity index (χ2n) is 6.90. The molecule has 6 heteroatoms. The zero-order valence-corrected chi connectivity index (χ0v) is 16.5. The molecule has 3 N–H and O–H groups in total. The number of carbonyl (C=O) groups excluding carboxylic acids is 1. The minimum atomic E-state index is -0.209. The van der Waals surface area contributed by atoms with Crippen molar-refractivity contribution in [3.63, 3.8) is 0 Å². The van der Waals surface area contributed by atoms with Crippen LogP contribution in [0.25, 0.3) is 11.0 Å². The molecule has 1 heterocycles. The molecule has 0 fully saturated rings. The molecule has 0 spiro atoms. The third kappa shape index (κ3) is 5.49. The van der Waals surface area contributed by atoms with Gasteiger partial charge in [0.25, 0.3) is 0 Å². The zero-order chi connectivity index (χ0) is 19.8. The van der Waals surface area contributed by atoms with Gasteiger partial charge in [0.05, 0.1) is 22.8 Å². The number of anilines is 1. The fourth-order valence-electron chi connectivity index (χ4n) is 2.96. The second kappa shape index (κ2) is 9.78. The number of para-hydroxylation sites is 4. The Morgan fingerprint density at radius 2 is 1.96 bits per heavy atom. The summed E-state index contributed by atoms with van der Waals surface area (Å²) in [5.74, 6) is 1.63. The van der Waals surface area contributed by atoms with Crippen LogP contribution < -0.4 is 15.4 Å². The van der Waals surface area contributed by atoms with Crippen molar-refractivity contribution in [3.8, 4) is 5.75 Å². The molecule has 6 nitrogen and oxygen atoms in total. The number of H-pyrrole nitrogens is 1. The molecule has 1 aromatic heterocycles. The van der Waals surface area contributed by atoms with Crippen LogP contribution in [-0.2, 0) is 6.42 Å². The standard InChI is InChI=1S/C22H28N4O2/c1-3-4-15-23-22(27)26-19-11-7-8-12-20(19)28-16(2)13-14-21-24-17-9-5-6-10-18(17)25-21/h5-12,16H,3-4,13-15H2,1-2H3,(H,24,25)(H2,23,26,27). The number of benzene rings is 2. The predicted octanol–water partition coefficient (Wildman–Crippen LogP) is 4.88. The van der Waals surface area contributed by atoms with Crippen LogP contribution in [0.1, 0.15) is 38.9 Å². The molecule has 0 saturated carbocycles. The van der Waals surface area contributed by atoms with Crippen molar-refractivity contribution in [1.29, 1.82) is 0 Å². The van der Waals surface area contributed by atoms with E-state index in [9.17, 15) is 4.79 Å². The van der Waals surface area contributed by atoms with Crippen molar-refractivity contribution in [1.82, 2.24) is 15.3 Å². The number of carbonyl (C=O) groups is 1. The molecular weight excluding hydrogens is 352 g/mol. The Labute approximate surface area is 165 Å². The lowest BCUT2D eigenvalue weighted by molar-refractivity contribution is 0.211. The van der Waals surface area contributed by atoms with E-state index in [2.05, 4.69) is 27.5 Å². The number of amides is 2. The van der Waals surface area contributed by atoms with Crippen molar-refractivity contribution < 1.29 is 9.53 Å². The monoisotopic (exact) mass is 380 g/mol. The maximum atomic E-state index is 12.0. The second-order valence-corrected chi connectivity index (χ2v) is 6.90. The Balaban J connectivity index is 1.54. The number of aromatic amines is 1. The largest absolute Gasteiger partial charge is 0.489 e. The molecule has 3 aromatic rings. The highest BCUT2D eigenvalue weighted by atomic mass is 16.5. The highest BCUT2D eigenvalue weighted by molar-refractivity contribution is 5.90. The van der Waals surface area contributed by atoms with E-state index in [-0.39, 0.29) is 12.1 Å². The van der Waals surface area contributed by atoms with Crippen LogP contribution in [0.3, 0.4) is 0 Å². The molecule has 0 aliphatic rings. The summed E-state index contributed by atoms with van der Waals surface area (Å²) < 4.78 is 6.08. The van der Waals surface area contributed by atoms with Gasteiger partial charge < -0.3 is 20.4 Å². The number of hydrogen-bond acceptors (Lipinski definition) is 3. The lowest BCUT2D eigenvalue weighted by atomic mass is 10.2. The normalized spacial score (nSPS) is 11.9. The molecule has 0 radical (unpaired) electrons. The first-order chi connectivity index (χ1) is 13.7. The Kier molecular flexibility index (Phi) is 6.89. The molecule has 148 valence electrons. The molecule has 28 heavy (non-hydrogen) atoms. The van der Waals surface area contributed by atoms with E-state index in [0.717, 1.165) is 42.5 Å². The number of nitrogens with zero attached hydrogens (tertiary/aromatic N) is 1. The molecule has 3 rings (SSSR count). The van der Waals surface area contributed by atoms with Crippen molar-refractivity contribution >= 4 is 22.8 Å². The quantitative estimate of drug-likeness (QED) is 0.463. The highest BCUT2D eigenvalue weighted by Gasteiger charge is 2.12. The average Bonchev–Trinajstić information content (AvgIpc) is 3.11. The fourth-order valence-corrected chi connectivity index (χ4v) is 2.96. The molecule has 0 bridgehead atoms. The van der Waals surface area contributed by atoms with E-state index < -0.39 is 0 Å². The van der Waals surface area contributed by atoms with Gasteiger partial charge in [0, 0.05) is 13.0 Å². The Hall–Kier alpha value is -3.02. The zero-order valence-electron chi connectivity index (χ0n) is 16.5. The van der Waals surface area contributed by atoms with Gasteiger partial charge in [-0.2, -0.15) is 0 Å². The summed E-state index contributed by atoms with van der Waals surface area (Å²) in [5, 5.41) is 5.73. The number of ether oxygens (including phenoxy) is 1. The van der Waals surface area contributed by atoms with Gasteiger partial charge in [-0.15, -0.1) is 0 Å². The maximum Gasteiger partial charge on any atom is 0.319 e. The average molecular weight is 380 g/mol. The number of hydrogen-bond donors (Lipinski definition) is 3. The summed E-state index contributed by atoms with van der Waals surface area (Å²) in [4.78, 5) is 20.0. The summed E-state index contributed by atoms with van der Waals surface area (Å²) in [6.07, 6.45) is 3.60. The van der Waals surface area contributed by atoms with E-state index in [4.69, 9.17) is 4.74 Å². The minimum Gasteiger partial charge on any atom is -0.489 e. The van der Waals surface area contributed by atoms with Crippen molar-refractivity contribution in [3.05, 3.63) is 54.4 Å². The van der Waals surface area contributed by atoms with Gasteiger partial charge in [-0.25, -0.2) is 9.78 Å². The lowest BCUT2D eigenvalue weighted by Gasteiger charge is -2.17. The van der Waals surface area contributed by atoms with Gasteiger partial charge in [0.2, 0.25) is 0 Å². The van der Waals surface area contributed by atoms with Crippen LogP contribution in [0.15, 0.2) is 48.5 Å². The van der Waals surface area contributed by atoms with Gasteiger partial charge in [0.1, 0.15) is 11.6 Å². The van der Waals surface area contributed by atoms with E-state index in [1.807, 2.05) is 55.5 Å². The number of aromatic nitrogens is 2. The number of unbranched alkanes of at least 4 members (excludes halogenated alkanes) is 1. The minimum absolute atomic E-state index is 0.0145. The number of aryl methyl sites for hydroxylation is 1. The number of imidazole rings is 1. The van der Waals surface area contributed by atoms with Crippen molar-refractivity contribution in [2.24, 2.45) is 0 Å². The number of nitrogens with one attached hydrogen (secondary N) is 3. The number of rotatable bonds is 9. The topological polar surface area (TPSA) is 79.0 Å². The van der Waals surface area contributed by atoms with E-state index in [0.29, 0.717) is 18.0 Å². The van der Waals surface area contributed by atoms with Crippen molar-refractivity contribution in [2.75, 3.05) is 11.9 Å². The smallest absolute Gasteiger partial charge is 0.319 e. The van der Waals surface area contributed by atoms with Gasteiger partial charge >= 0.3 is 6.03 Å². The summed E-state index contributed by atoms with van der Waals surface area (Å²) in [6.45, 7) is 4.79. The number of urea groups is 1. The Morgan fingerprint density at radius 1 is 1.18 bits per heavy atom. The van der Waals surface area contributed by atoms with E-state index >= 15 is 0 Å². The first-order valence-corrected chi connectivity index (χ1v) is 9.90. The van der Waals surface area contributed by atoms with E-state index in [1.165, 1.54) is 0 Å². The van der Waals surface area contributed by atoms with Crippen molar-refractivity contribution in [2.45, 2.75) is 45.6 Å². The van der Waals surface area contributed by atoms with Crippen LogP contribution in [0.2, 0.25) is 0 Å². The fraction of sp³-hybridized carbons (Fsp3) is 0.364.